The minimum atomic E-state index is -0.192. The van der Waals surface area contributed by atoms with Crippen molar-refractivity contribution in [2.24, 2.45) is 5.11 Å². The van der Waals surface area contributed by atoms with E-state index in [-0.39, 0.29) is 6.03 Å². The van der Waals surface area contributed by atoms with Crippen LogP contribution in [0.2, 0.25) is 0 Å². The van der Waals surface area contributed by atoms with Gasteiger partial charge in [0.05, 0.1) is 11.4 Å². The molecule has 2 amide bonds. The zero-order valence-electron chi connectivity index (χ0n) is 8.14. The van der Waals surface area contributed by atoms with Gasteiger partial charge in [-0.3, -0.25) is 0 Å². The molecule has 1 aliphatic heterocycles. The molecule has 15 heavy (non-hydrogen) atoms. The van der Waals surface area contributed by atoms with E-state index in [0.717, 1.165) is 5.56 Å². The van der Waals surface area contributed by atoms with Gasteiger partial charge in [-0.25, -0.2) is 4.79 Å². The lowest BCUT2D eigenvalue weighted by molar-refractivity contribution is 0.218. The molecule has 0 saturated carbocycles. The van der Waals surface area contributed by atoms with Crippen LogP contribution in [0.5, 0.6) is 0 Å². The lowest BCUT2D eigenvalue weighted by Gasteiger charge is -2.26. The predicted octanol–water partition coefficient (Wildman–Crippen LogP) is 2.61. The fourth-order valence-electron chi connectivity index (χ4n) is 1.52. The van der Waals surface area contributed by atoms with Crippen LogP contribution in [0.1, 0.15) is 5.56 Å². The van der Waals surface area contributed by atoms with Gasteiger partial charge in [-0.2, -0.15) is 0 Å². The monoisotopic (exact) mass is 203 g/mol. The van der Waals surface area contributed by atoms with Crippen molar-refractivity contribution in [3.8, 4) is 0 Å². The summed E-state index contributed by atoms with van der Waals surface area (Å²) in [6.45, 7) is 0.524. The molecule has 6 heteroatoms. The van der Waals surface area contributed by atoms with Crippen LogP contribution in [-0.2, 0) is 6.54 Å². The fraction of sp³-hybridized carbons (Fsp3) is 0.222. The van der Waals surface area contributed by atoms with Gasteiger partial charge in [-0.05, 0) is 11.1 Å². The van der Waals surface area contributed by atoms with Gasteiger partial charge >= 0.3 is 6.03 Å². The van der Waals surface area contributed by atoms with Gasteiger partial charge in [-0.15, -0.1) is 0 Å². The molecule has 0 aliphatic carbocycles. The maximum Gasteiger partial charge on any atom is 0.321 e. The molecular formula is C9H9N5O. The quantitative estimate of drug-likeness (QED) is 0.424. The van der Waals surface area contributed by atoms with Crippen molar-refractivity contribution in [2.75, 3.05) is 12.4 Å². The highest BCUT2D eigenvalue weighted by Gasteiger charge is 2.20. The predicted molar refractivity (Wildman–Crippen MR) is 55.7 cm³/mol. The molecule has 1 heterocycles. The smallest absolute Gasteiger partial charge is 0.321 e. The molecular weight excluding hydrogens is 194 g/mol. The summed E-state index contributed by atoms with van der Waals surface area (Å²) < 4.78 is 0. The van der Waals surface area contributed by atoms with Crippen molar-refractivity contribution in [3.05, 3.63) is 34.2 Å². The summed E-state index contributed by atoms with van der Waals surface area (Å²) in [5, 5.41) is 6.21. The summed E-state index contributed by atoms with van der Waals surface area (Å²) >= 11 is 0. The van der Waals surface area contributed by atoms with Gasteiger partial charge < -0.3 is 10.2 Å². The Morgan fingerprint density at radius 2 is 2.40 bits per heavy atom. The van der Waals surface area contributed by atoms with E-state index >= 15 is 0 Å². The van der Waals surface area contributed by atoms with Crippen molar-refractivity contribution in [3.63, 3.8) is 0 Å². The number of urea groups is 1. The summed E-state index contributed by atoms with van der Waals surface area (Å²) in [6.07, 6.45) is 0. The molecule has 0 spiro atoms. The second-order valence-electron chi connectivity index (χ2n) is 3.29. The zero-order valence-corrected chi connectivity index (χ0v) is 8.14. The van der Waals surface area contributed by atoms with E-state index in [1.165, 1.54) is 0 Å². The van der Waals surface area contributed by atoms with Crippen molar-refractivity contribution in [1.29, 1.82) is 0 Å². The third kappa shape index (κ3) is 1.58. The number of azide groups is 1. The number of hydrogen-bond donors (Lipinski definition) is 1. The standard InChI is InChI=1S/C9H9N5O/c1-14-5-6-3-2-4-7(12-13-10)8(6)11-9(14)15/h2-4H,5H2,1H3,(H,11,15). The molecule has 2 rings (SSSR count). The molecule has 0 aromatic heterocycles. The number of hydrogen-bond acceptors (Lipinski definition) is 2. The highest BCUT2D eigenvalue weighted by molar-refractivity contribution is 5.95. The van der Waals surface area contributed by atoms with Crippen molar-refractivity contribution < 1.29 is 4.79 Å². The van der Waals surface area contributed by atoms with Gasteiger partial charge in [0.15, 0.2) is 0 Å². The molecule has 76 valence electrons. The van der Waals surface area contributed by atoms with Crippen LogP contribution in [0.25, 0.3) is 10.4 Å². The number of carbonyl (C=O) groups is 1. The van der Waals surface area contributed by atoms with E-state index in [4.69, 9.17) is 5.53 Å². The molecule has 0 fully saturated rings. The van der Waals surface area contributed by atoms with Gasteiger partial charge in [0.2, 0.25) is 0 Å². The van der Waals surface area contributed by atoms with Crippen molar-refractivity contribution in [2.45, 2.75) is 6.54 Å². The molecule has 1 aromatic carbocycles. The van der Waals surface area contributed by atoms with Gasteiger partial charge in [0.25, 0.3) is 0 Å². The first kappa shape index (κ1) is 9.36. The number of amides is 2. The Morgan fingerprint density at radius 3 is 3.13 bits per heavy atom. The van der Waals surface area contributed by atoms with Crippen LogP contribution in [0.15, 0.2) is 23.3 Å². The minimum Gasteiger partial charge on any atom is -0.323 e. The third-order valence-electron chi connectivity index (χ3n) is 2.27. The Kier molecular flexibility index (Phi) is 2.19. The first-order valence-corrected chi connectivity index (χ1v) is 4.41. The normalized spacial score (nSPS) is 13.9. The maximum absolute atomic E-state index is 11.4. The van der Waals surface area contributed by atoms with E-state index in [1.807, 2.05) is 6.07 Å². The summed E-state index contributed by atoms with van der Waals surface area (Å²) in [5.74, 6) is 0. The fourth-order valence-corrected chi connectivity index (χ4v) is 1.52. The number of anilines is 1. The molecule has 1 aliphatic rings. The first-order valence-electron chi connectivity index (χ1n) is 4.41. The van der Waals surface area contributed by atoms with Gasteiger partial charge in [-0.1, -0.05) is 23.3 Å². The average molecular weight is 203 g/mol. The van der Waals surface area contributed by atoms with Crippen LogP contribution in [-0.4, -0.2) is 18.0 Å². The van der Waals surface area contributed by atoms with Crippen molar-refractivity contribution >= 4 is 17.4 Å². The number of nitrogens with zero attached hydrogens (tertiary/aromatic N) is 4. The summed E-state index contributed by atoms with van der Waals surface area (Å²) in [7, 11) is 1.71. The molecule has 0 atom stereocenters. The highest BCUT2D eigenvalue weighted by Crippen LogP contribution is 2.32. The Labute approximate surface area is 86.1 Å². The second kappa shape index (κ2) is 3.51. The second-order valence-corrected chi connectivity index (χ2v) is 3.29. The van der Waals surface area contributed by atoms with E-state index in [2.05, 4.69) is 15.3 Å². The number of para-hydroxylation sites is 1. The summed E-state index contributed by atoms with van der Waals surface area (Å²) in [6, 6.07) is 5.17. The summed E-state index contributed by atoms with van der Waals surface area (Å²) in [5.41, 5.74) is 10.4. The topological polar surface area (TPSA) is 81.1 Å². The number of carbonyl (C=O) groups excluding carboxylic acids is 1. The van der Waals surface area contributed by atoms with Crippen molar-refractivity contribution in [1.82, 2.24) is 4.90 Å². The van der Waals surface area contributed by atoms with E-state index < -0.39 is 0 Å². The first-order chi connectivity index (χ1) is 7.22. The van der Waals surface area contributed by atoms with E-state index in [9.17, 15) is 4.79 Å². The number of nitrogens with one attached hydrogen (secondary N) is 1. The van der Waals surface area contributed by atoms with Gasteiger partial charge in [0, 0.05) is 18.5 Å². The number of rotatable bonds is 1. The Bertz CT molecular complexity index is 464. The average Bonchev–Trinajstić information content (AvgIpc) is 2.21. The molecule has 0 saturated heterocycles. The molecule has 1 aromatic rings. The molecule has 6 nitrogen and oxygen atoms in total. The number of benzene rings is 1. The van der Waals surface area contributed by atoms with E-state index in [1.54, 1.807) is 24.1 Å². The Hall–Kier alpha value is -2.20. The van der Waals surface area contributed by atoms with E-state index in [0.29, 0.717) is 17.9 Å². The van der Waals surface area contributed by atoms with Crippen LogP contribution in [0.4, 0.5) is 16.2 Å². The largest absolute Gasteiger partial charge is 0.323 e. The van der Waals surface area contributed by atoms with Crippen LogP contribution >= 0.6 is 0 Å². The Balaban J connectivity index is 2.52. The molecule has 1 N–H and O–H groups in total. The lowest BCUT2D eigenvalue weighted by Crippen LogP contribution is -2.35. The SMILES string of the molecule is CN1Cc2cccc(N=[N+]=[N-])c2NC1=O. The highest BCUT2D eigenvalue weighted by atomic mass is 16.2. The third-order valence-corrected chi connectivity index (χ3v) is 2.27. The summed E-state index contributed by atoms with van der Waals surface area (Å²) in [4.78, 5) is 15.7. The van der Waals surface area contributed by atoms with Crippen LogP contribution < -0.4 is 5.32 Å². The van der Waals surface area contributed by atoms with Crippen LogP contribution in [0, 0.1) is 0 Å². The maximum atomic E-state index is 11.4. The lowest BCUT2D eigenvalue weighted by atomic mass is 10.1. The molecule has 0 unspecified atom stereocenters. The van der Waals surface area contributed by atoms with Crippen LogP contribution in [0.3, 0.4) is 0 Å². The number of fused-ring (bicyclic) bond motifs is 1. The molecule has 0 radical (unpaired) electrons. The minimum absolute atomic E-state index is 0.192. The Morgan fingerprint density at radius 1 is 1.60 bits per heavy atom. The molecule has 0 bridgehead atoms. The van der Waals surface area contributed by atoms with Gasteiger partial charge in [0.1, 0.15) is 0 Å². The zero-order chi connectivity index (χ0) is 10.8.